The number of benzene rings is 2. The Labute approximate surface area is 482 Å². The lowest BCUT2D eigenvalue weighted by Crippen LogP contribution is -2.72. The fourth-order valence-corrected chi connectivity index (χ4v) is 17.0. The van der Waals surface area contributed by atoms with Gasteiger partial charge < -0.3 is 94.1 Å². The summed E-state index contributed by atoms with van der Waals surface area (Å²) in [6.45, 7) is 12.9. The van der Waals surface area contributed by atoms with E-state index in [-0.39, 0.29) is 23.8 Å². The van der Waals surface area contributed by atoms with Gasteiger partial charge in [-0.15, -0.1) is 0 Å². The molecule has 3 saturated heterocycles. The van der Waals surface area contributed by atoms with Crippen LogP contribution in [0, 0.1) is 50.2 Å². The summed E-state index contributed by atoms with van der Waals surface area (Å²) in [6.07, 6.45) is -24.2. The zero-order valence-electron chi connectivity index (χ0n) is 48.0. The van der Waals surface area contributed by atoms with E-state index in [0.717, 1.165) is 5.57 Å². The van der Waals surface area contributed by atoms with Gasteiger partial charge in [0.25, 0.3) is 0 Å². The SMILES string of the molecule is CC1(C)CC2C3=CC[C@@H]4[C@@]5(C)CC[C@H](O[C@@H]6O[C@H](C(=O)O)[C@@H](O)[C@H](O[C@@H]7OC[C@@H](O)[C@H](O)[C@H]7O)[C@H]6O[C@@H]6O[C@H](CO)[C@H](O)[C@H](O)[C@H]6O)C(C)(C)[C@@H]5CC[C@@]4(C)[C@]3(C)C[C@@H](O)[C@@]2(CO)[C@@H](OC(=O)c2ccccc2)[C@@H]1OC(=O)c1ccccc1. The Bertz CT molecular complexity index is 2690. The van der Waals surface area contributed by atoms with Crippen LogP contribution in [0.2, 0.25) is 0 Å². The minimum atomic E-state index is -2.11. The van der Waals surface area contributed by atoms with Crippen LogP contribution < -0.4 is 0 Å². The van der Waals surface area contributed by atoms with Gasteiger partial charge in [0, 0.05) is 5.41 Å². The average Bonchev–Trinajstić information content (AvgIpc) is 0.798. The van der Waals surface area contributed by atoms with Gasteiger partial charge in [-0.3, -0.25) is 0 Å². The number of carboxylic acids is 1. The van der Waals surface area contributed by atoms with Crippen LogP contribution in [-0.4, -0.2) is 204 Å². The van der Waals surface area contributed by atoms with Crippen molar-refractivity contribution in [2.75, 3.05) is 19.8 Å². The van der Waals surface area contributed by atoms with E-state index in [1.165, 1.54) is 0 Å². The lowest BCUT2D eigenvalue weighted by atomic mass is 9.33. The second-order valence-electron chi connectivity index (χ2n) is 26.8. The van der Waals surface area contributed by atoms with Crippen molar-refractivity contribution in [3.8, 4) is 0 Å². The standard InChI is InChI=1S/C61H84O22/c1-56(2)24-32-31-18-19-36-58(5)22-21-38(78-55-47(81-54-43(70)41(68)40(67)34(26-62)77-54)45(44(71)46(80-55)50(72)73)79-53-42(69)39(66)33(64)27-76-53)57(3,4)35(58)20-23-59(36,6)60(31,7)25-37(65)61(32,28-63)49(83-52(75)30-16-12-9-13-17-30)48(56)82-51(74)29-14-10-8-11-15-29/h8-18,32-49,53-55,62-71H,19-28H2,1-7H3,(H,72,73)/t32?,33-,34-,35+,36-,37-,38+,39+,40+,41+,42-,43-,44+,45+,46+,47-,48+,49+,53+,54+,55-,58+,59-,60-,61+/m1/s1. The normalized spacial score (nSPS) is 46.4. The molecule has 1 unspecified atom stereocenters. The van der Waals surface area contributed by atoms with Crippen molar-refractivity contribution in [1.82, 2.24) is 0 Å². The largest absolute Gasteiger partial charge is 0.479 e. The Balaban J connectivity index is 0.965. The molecular formula is C61H84O22. The van der Waals surface area contributed by atoms with Crippen molar-refractivity contribution in [2.24, 2.45) is 50.2 Å². The molecule has 7 fully saturated rings. The molecule has 10 rings (SSSR count). The van der Waals surface area contributed by atoms with Gasteiger partial charge in [-0.1, -0.05) is 96.5 Å². The molecule has 0 amide bonds. The number of carbonyl (C=O) groups is 3. The van der Waals surface area contributed by atoms with Crippen LogP contribution in [0.3, 0.4) is 0 Å². The van der Waals surface area contributed by atoms with E-state index < -0.39 is 187 Å². The van der Waals surface area contributed by atoms with E-state index in [9.17, 15) is 70.6 Å². The third kappa shape index (κ3) is 10.2. The number of rotatable bonds is 13. The van der Waals surface area contributed by atoms with E-state index in [0.29, 0.717) is 44.1 Å². The molecule has 22 nitrogen and oxygen atoms in total. The predicted octanol–water partition coefficient (Wildman–Crippen LogP) is 1.99. The molecule has 83 heavy (non-hydrogen) atoms. The van der Waals surface area contributed by atoms with Crippen molar-refractivity contribution in [3.63, 3.8) is 0 Å². The summed E-state index contributed by atoms with van der Waals surface area (Å²) in [5, 5.41) is 122. The first-order chi connectivity index (χ1) is 39.1. The summed E-state index contributed by atoms with van der Waals surface area (Å²) < 4.78 is 49.5. The van der Waals surface area contributed by atoms with Crippen molar-refractivity contribution in [2.45, 2.75) is 204 Å². The van der Waals surface area contributed by atoms with Crippen LogP contribution in [0.1, 0.15) is 114 Å². The fraction of sp³-hybridized carbons (Fsp3) is 0.721. The minimum absolute atomic E-state index is 0.00717. The summed E-state index contributed by atoms with van der Waals surface area (Å²) in [6, 6.07) is 16.9. The molecule has 460 valence electrons. The van der Waals surface area contributed by atoms with Crippen LogP contribution in [0.5, 0.6) is 0 Å². The summed E-state index contributed by atoms with van der Waals surface area (Å²) in [5.41, 5.74) is -3.02. The van der Waals surface area contributed by atoms with Crippen molar-refractivity contribution in [3.05, 3.63) is 83.4 Å². The molecule has 8 aliphatic rings. The lowest BCUT2D eigenvalue weighted by Gasteiger charge is -2.72. The first-order valence-electron chi connectivity index (χ1n) is 29.1. The first kappa shape index (κ1) is 62.0. The monoisotopic (exact) mass is 1170 g/mol. The molecule has 11 N–H and O–H groups in total. The Morgan fingerprint density at radius 3 is 1.83 bits per heavy atom. The molecule has 4 saturated carbocycles. The van der Waals surface area contributed by atoms with Gasteiger partial charge in [0.2, 0.25) is 0 Å². The van der Waals surface area contributed by atoms with Crippen LogP contribution in [0.4, 0.5) is 0 Å². The predicted molar refractivity (Wildman–Crippen MR) is 288 cm³/mol. The van der Waals surface area contributed by atoms with Crippen LogP contribution >= 0.6 is 0 Å². The Morgan fingerprint density at radius 2 is 1.23 bits per heavy atom. The average molecular weight is 1170 g/mol. The van der Waals surface area contributed by atoms with Gasteiger partial charge >= 0.3 is 17.9 Å². The molecular weight excluding hydrogens is 1080 g/mol. The molecule has 0 aromatic heterocycles. The summed E-state index contributed by atoms with van der Waals surface area (Å²) in [5.74, 6) is -3.55. The van der Waals surface area contributed by atoms with E-state index >= 15 is 0 Å². The molecule has 3 aliphatic heterocycles. The molecule has 0 bridgehead atoms. The van der Waals surface area contributed by atoms with Crippen molar-refractivity contribution in [1.29, 1.82) is 0 Å². The second kappa shape index (κ2) is 22.9. The van der Waals surface area contributed by atoms with Gasteiger partial charge in [-0.05, 0) is 109 Å². The maximum Gasteiger partial charge on any atom is 0.338 e. The summed E-state index contributed by atoms with van der Waals surface area (Å²) in [7, 11) is 0. The first-order valence-corrected chi connectivity index (χ1v) is 29.1. The number of hydrogen-bond donors (Lipinski definition) is 11. The molecule has 3 heterocycles. The molecule has 2 aromatic carbocycles. The third-order valence-corrected chi connectivity index (χ3v) is 21.7. The van der Waals surface area contributed by atoms with Gasteiger partial charge in [-0.2, -0.15) is 0 Å². The van der Waals surface area contributed by atoms with Gasteiger partial charge in [-0.25, -0.2) is 14.4 Å². The summed E-state index contributed by atoms with van der Waals surface area (Å²) in [4.78, 5) is 41.2. The number of esters is 2. The van der Waals surface area contributed by atoms with E-state index in [4.69, 9.17) is 37.9 Å². The highest BCUT2D eigenvalue weighted by molar-refractivity contribution is 5.90. The number of hydrogen-bond acceptors (Lipinski definition) is 21. The highest BCUT2D eigenvalue weighted by Gasteiger charge is 2.74. The van der Waals surface area contributed by atoms with Gasteiger partial charge in [0.05, 0.1) is 48.6 Å². The third-order valence-electron chi connectivity index (χ3n) is 21.7. The smallest absolute Gasteiger partial charge is 0.338 e. The van der Waals surface area contributed by atoms with E-state index in [1.54, 1.807) is 60.7 Å². The van der Waals surface area contributed by atoms with Gasteiger partial charge in [0.1, 0.15) is 67.1 Å². The number of aliphatic hydroxyl groups excluding tert-OH is 10. The number of ether oxygens (including phenoxy) is 8. The van der Waals surface area contributed by atoms with Crippen LogP contribution in [-0.2, 0) is 42.7 Å². The highest BCUT2D eigenvalue weighted by Crippen LogP contribution is 2.76. The summed E-state index contributed by atoms with van der Waals surface area (Å²) >= 11 is 0. The van der Waals surface area contributed by atoms with Crippen LogP contribution in [0.15, 0.2) is 72.3 Å². The number of fused-ring (bicyclic) bond motifs is 7. The molecule has 0 spiro atoms. The molecule has 0 radical (unpaired) electrons. The Hall–Kier alpha value is -4.05. The quantitative estimate of drug-likeness (QED) is 0.0776. The van der Waals surface area contributed by atoms with Gasteiger partial charge in [0.15, 0.2) is 31.1 Å². The molecule has 25 atom stereocenters. The maximum atomic E-state index is 14.3. The van der Waals surface area contributed by atoms with E-state index in [2.05, 4.69) is 40.7 Å². The maximum absolute atomic E-state index is 14.3. The van der Waals surface area contributed by atoms with Crippen molar-refractivity contribution < 1.29 is 108 Å². The number of carbonyl (C=O) groups excluding carboxylic acids is 2. The number of allylic oxidation sites excluding steroid dienone is 2. The molecule has 22 heteroatoms. The van der Waals surface area contributed by atoms with Crippen molar-refractivity contribution >= 4 is 17.9 Å². The molecule has 2 aromatic rings. The number of carboxylic acid groups (broad SMARTS) is 1. The zero-order valence-corrected chi connectivity index (χ0v) is 48.0. The van der Waals surface area contributed by atoms with E-state index in [1.807, 2.05) is 13.8 Å². The highest BCUT2D eigenvalue weighted by atomic mass is 16.8. The number of aliphatic carboxylic acids is 1. The minimum Gasteiger partial charge on any atom is -0.479 e. The topological polar surface area (TPSA) is 348 Å². The Kier molecular flexibility index (Phi) is 17.1. The van der Waals surface area contributed by atoms with Crippen LogP contribution in [0.25, 0.3) is 0 Å². The molecule has 5 aliphatic carbocycles. The number of aliphatic hydroxyl groups is 10. The second-order valence-corrected chi connectivity index (χ2v) is 26.8. The lowest BCUT2D eigenvalue weighted by molar-refractivity contribution is -0.392. The Morgan fingerprint density at radius 1 is 0.627 bits per heavy atom. The fourth-order valence-electron chi connectivity index (χ4n) is 17.0. The zero-order chi connectivity index (χ0) is 60.1.